The highest BCUT2D eigenvalue weighted by Gasteiger charge is 2.22. The van der Waals surface area contributed by atoms with Crippen LogP contribution in [0.1, 0.15) is 0 Å². The van der Waals surface area contributed by atoms with Crippen LogP contribution in [0, 0.1) is 0 Å². The second kappa shape index (κ2) is 12.1. The largest absolute Gasteiger partial charge is 0.456 e. The molecule has 0 atom stereocenters. The molecule has 0 unspecified atom stereocenters. The second-order valence-corrected chi connectivity index (χ2v) is 17.2. The van der Waals surface area contributed by atoms with Gasteiger partial charge in [0.05, 0.1) is 22.1 Å². The first-order chi connectivity index (χ1) is 31.3. The van der Waals surface area contributed by atoms with Crippen molar-refractivity contribution in [1.82, 2.24) is 9.13 Å². The Balaban J connectivity index is 1.03. The van der Waals surface area contributed by atoms with Crippen LogP contribution in [0.25, 0.3) is 142 Å². The zero-order chi connectivity index (χ0) is 40.9. The van der Waals surface area contributed by atoms with E-state index in [1.165, 1.54) is 119 Å². The average Bonchev–Trinajstić information content (AvgIpc) is 4.02. The number of rotatable bonds is 3. The van der Waals surface area contributed by atoms with Crippen LogP contribution in [0.2, 0.25) is 0 Å². The van der Waals surface area contributed by atoms with Crippen molar-refractivity contribution in [3.8, 4) is 22.5 Å². The summed E-state index contributed by atoms with van der Waals surface area (Å²) in [5.74, 6) is 0. The Hall–Kier alpha value is -8.40. The number of hydrogen-bond acceptors (Lipinski definition) is 1. The molecule has 3 heteroatoms. The smallest absolute Gasteiger partial charge is 0.136 e. The molecular weight excluding hydrogens is 765 g/mol. The van der Waals surface area contributed by atoms with Gasteiger partial charge in [0, 0.05) is 43.7 Å². The van der Waals surface area contributed by atoms with E-state index in [2.05, 4.69) is 215 Å². The summed E-state index contributed by atoms with van der Waals surface area (Å²) >= 11 is 0. The second-order valence-electron chi connectivity index (χ2n) is 17.2. The predicted octanol–water partition coefficient (Wildman–Crippen LogP) is 16.7. The molecule has 0 bridgehead atoms. The fourth-order valence-corrected chi connectivity index (χ4v) is 11.4. The molecule has 3 aromatic heterocycles. The van der Waals surface area contributed by atoms with Gasteiger partial charge >= 0.3 is 0 Å². The zero-order valence-electron chi connectivity index (χ0n) is 33.9. The summed E-state index contributed by atoms with van der Waals surface area (Å²) < 4.78 is 11.3. The van der Waals surface area contributed by atoms with E-state index in [4.69, 9.17) is 4.42 Å². The molecule has 15 rings (SSSR count). The van der Waals surface area contributed by atoms with Gasteiger partial charge < -0.3 is 13.6 Å². The van der Waals surface area contributed by atoms with Crippen LogP contribution in [-0.2, 0) is 0 Å². The third-order valence-corrected chi connectivity index (χ3v) is 14.0. The Morgan fingerprint density at radius 1 is 0.254 bits per heavy atom. The fraction of sp³-hybridized carbons (Fsp3) is 0. The minimum Gasteiger partial charge on any atom is -0.456 e. The third-order valence-electron chi connectivity index (χ3n) is 14.0. The van der Waals surface area contributed by atoms with Crippen molar-refractivity contribution in [2.45, 2.75) is 0 Å². The van der Waals surface area contributed by atoms with Gasteiger partial charge in [0.1, 0.15) is 11.2 Å². The van der Waals surface area contributed by atoms with Crippen LogP contribution >= 0.6 is 0 Å². The fourth-order valence-electron chi connectivity index (χ4n) is 11.4. The summed E-state index contributed by atoms with van der Waals surface area (Å²) in [4.78, 5) is 0. The molecule has 0 N–H and O–H groups in total. The molecule has 0 saturated carbocycles. The van der Waals surface area contributed by atoms with Crippen molar-refractivity contribution in [2.24, 2.45) is 0 Å². The summed E-state index contributed by atoms with van der Waals surface area (Å²) in [6, 6.07) is 76.2. The van der Waals surface area contributed by atoms with Crippen molar-refractivity contribution in [3.63, 3.8) is 0 Å². The summed E-state index contributed by atoms with van der Waals surface area (Å²) in [6.07, 6.45) is 0. The normalized spacial score (nSPS) is 12.4. The molecule has 63 heavy (non-hydrogen) atoms. The maximum Gasteiger partial charge on any atom is 0.136 e. The minimum atomic E-state index is 0.941. The Morgan fingerprint density at radius 2 is 0.667 bits per heavy atom. The molecule has 0 amide bonds. The molecule has 3 heterocycles. The molecule has 0 aliphatic heterocycles. The van der Waals surface area contributed by atoms with Crippen LogP contribution in [0.15, 0.2) is 211 Å². The SMILES string of the molecule is c1ccc(-n2c3ccccc3c3ccc4c5ccccc5n(-c5ccc6c7ccccc7c7ccc(-c8ccc9c(c8)c8cccc%10oc%11cccc9c%11c%108)cc7c6c5)c4c32)cc1. The molecule has 12 aromatic carbocycles. The van der Waals surface area contributed by atoms with Gasteiger partial charge in [0.25, 0.3) is 0 Å². The Labute approximate surface area is 360 Å². The van der Waals surface area contributed by atoms with Gasteiger partial charge in [-0.05, 0) is 126 Å². The third kappa shape index (κ3) is 4.38. The molecule has 0 spiro atoms. The van der Waals surface area contributed by atoms with Crippen molar-refractivity contribution in [3.05, 3.63) is 206 Å². The van der Waals surface area contributed by atoms with Gasteiger partial charge in [-0.15, -0.1) is 0 Å². The zero-order valence-corrected chi connectivity index (χ0v) is 33.9. The number of nitrogens with zero attached hydrogens (tertiary/aromatic N) is 2. The van der Waals surface area contributed by atoms with E-state index in [-0.39, 0.29) is 0 Å². The summed E-state index contributed by atoms with van der Waals surface area (Å²) in [7, 11) is 0. The van der Waals surface area contributed by atoms with Gasteiger partial charge in [-0.2, -0.15) is 0 Å². The van der Waals surface area contributed by atoms with E-state index in [1.807, 2.05) is 0 Å². The molecule has 290 valence electrons. The van der Waals surface area contributed by atoms with E-state index in [0.29, 0.717) is 0 Å². The van der Waals surface area contributed by atoms with Crippen LogP contribution in [-0.4, -0.2) is 9.13 Å². The highest BCUT2D eigenvalue weighted by Crippen LogP contribution is 2.46. The van der Waals surface area contributed by atoms with Gasteiger partial charge in [-0.1, -0.05) is 146 Å². The number of para-hydroxylation sites is 3. The van der Waals surface area contributed by atoms with Gasteiger partial charge in [0.2, 0.25) is 0 Å². The van der Waals surface area contributed by atoms with E-state index in [1.54, 1.807) is 0 Å². The molecule has 0 radical (unpaired) electrons. The molecule has 0 aliphatic rings. The molecule has 0 fully saturated rings. The molecule has 0 aliphatic carbocycles. The van der Waals surface area contributed by atoms with Crippen LogP contribution in [0.4, 0.5) is 0 Å². The maximum absolute atomic E-state index is 6.37. The van der Waals surface area contributed by atoms with Crippen LogP contribution in [0.5, 0.6) is 0 Å². The highest BCUT2D eigenvalue weighted by molar-refractivity contribution is 6.33. The number of fused-ring (bicyclic) bond motifs is 16. The quantitative estimate of drug-likeness (QED) is 0.163. The van der Waals surface area contributed by atoms with E-state index < -0.39 is 0 Å². The van der Waals surface area contributed by atoms with Crippen LogP contribution < -0.4 is 0 Å². The molecular formula is C60H34N2O. The van der Waals surface area contributed by atoms with Crippen molar-refractivity contribution in [2.75, 3.05) is 0 Å². The highest BCUT2D eigenvalue weighted by atomic mass is 16.3. The minimum absolute atomic E-state index is 0.941. The van der Waals surface area contributed by atoms with Crippen LogP contribution in [0.3, 0.4) is 0 Å². The van der Waals surface area contributed by atoms with Gasteiger partial charge in [0.15, 0.2) is 0 Å². The monoisotopic (exact) mass is 798 g/mol. The number of benzene rings is 12. The lowest BCUT2D eigenvalue weighted by molar-refractivity contribution is 0.669. The van der Waals surface area contributed by atoms with E-state index in [0.717, 1.165) is 22.5 Å². The van der Waals surface area contributed by atoms with Crippen molar-refractivity contribution >= 4 is 119 Å². The first-order valence-electron chi connectivity index (χ1n) is 21.8. The first-order valence-corrected chi connectivity index (χ1v) is 21.8. The number of hydrogen-bond donors (Lipinski definition) is 0. The van der Waals surface area contributed by atoms with E-state index in [9.17, 15) is 0 Å². The molecule has 0 saturated heterocycles. The molecule has 15 aromatic rings. The lowest BCUT2D eigenvalue weighted by atomic mass is 9.90. The van der Waals surface area contributed by atoms with Crippen molar-refractivity contribution in [1.29, 1.82) is 0 Å². The van der Waals surface area contributed by atoms with Gasteiger partial charge in [-0.25, -0.2) is 0 Å². The van der Waals surface area contributed by atoms with Crippen molar-refractivity contribution < 1.29 is 4.42 Å². The Morgan fingerprint density at radius 3 is 1.27 bits per heavy atom. The molecule has 3 nitrogen and oxygen atoms in total. The number of furan rings is 1. The van der Waals surface area contributed by atoms with Gasteiger partial charge in [-0.3, -0.25) is 0 Å². The first kappa shape index (κ1) is 33.3. The lowest BCUT2D eigenvalue weighted by Gasteiger charge is -2.16. The topological polar surface area (TPSA) is 23.0 Å². The summed E-state index contributed by atoms with van der Waals surface area (Å²) in [6.45, 7) is 0. The predicted molar refractivity (Wildman–Crippen MR) is 267 cm³/mol. The summed E-state index contributed by atoms with van der Waals surface area (Å²) in [5.41, 5.74) is 11.4. The standard InChI is InChI=1S/C60H34N2O/c1-2-12-37(13-3-1)61-53-20-8-6-16-44(53)48-30-31-49-45-17-7-9-21-54(45)62(60(49)59(48)61)38-26-29-42-40-15-5-4-14-39(40)41-27-24-36(33-51(41)52(42)34-38)35-25-28-43-46-18-10-22-55-57(46)58-47(50(43)32-35)19-11-23-56(58)63-55/h1-34H. The Bertz CT molecular complexity index is 4430. The maximum atomic E-state index is 6.37. The average molecular weight is 799 g/mol. The number of aromatic nitrogens is 2. The lowest BCUT2D eigenvalue weighted by Crippen LogP contribution is -1.99. The Kier molecular flexibility index (Phi) is 6.41. The van der Waals surface area contributed by atoms with E-state index >= 15 is 0 Å². The summed E-state index contributed by atoms with van der Waals surface area (Å²) in [5, 5.41) is 19.9.